The van der Waals surface area contributed by atoms with E-state index in [4.69, 9.17) is 4.43 Å². The maximum atomic E-state index is 6.25. The second-order valence-corrected chi connectivity index (χ2v) is 12.3. The van der Waals surface area contributed by atoms with E-state index in [1.165, 1.54) is 16.7 Å². The minimum Gasteiger partial charge on any atom is -0.413 e. The van der Waals surface area contributed by atoms with Crippen LogP contribution in [-0.2, 0) is 11.0 Å². The molecule has 2 rings (SSSR count). The molecule has 3 heteroatoms. The van der Waals surface area contributed by atoms with Crippen LogP contribution < -0.4 is 0 Å². The Bertz CT molecular complexity index is 535. The lowest BCUT2D eigenvalue weighted by atomic mass is 10.1. The van der Waals surface area contributed by atoms with Gasteiger partial charge < -0.3 is 4.43 Å². The largest absolute Gasteiger partial charge is 0.413 e. The Hall–Kier alpha value is -0.903. The molecule has 0 aliphatic carbocycles. The summed E-state index contributed by atoms with van der Waals surface area (Å²) in [6, 6.07) is 10.9. The van der Waals surface area contributed by atoms with E-state index in [1.54, 1.807) is 11.3 Å². The second kappa shape index (κ2) is 5.84. The Kier molecular flexibility index (Phi) is 4.52. The first-order valence-corrected chi connectivity index (χ1v) is 10.9. The van der Waals surface area contributed by atoms with Gasteiger partial charge in [-0.25, -0.2) is 0 Å². The maximum Gasteiger partial charge on any atom is 0.192 e. The Morgan fingerprint density at radius 2 is 1.65 bits per heavy atom. The molecular weight excluding hydrogens is 280 g/mol. The van der Waals surface area contributed by atoms with Crippen LogP contribution in [0.2, 0.25) is 18.1 Å². The predicted octanol–water partition coefficient (Wildman–Crippen LogP) is 5.94. The van der Waals surface area contributed by atoms with E-state index in [2.05, 4.69) is 75.0 Å². The Morgan fingerprint density at radius 3 is 2.15 bits per heavy atom. The van der Waals surface area contributed by atoms with Crippen molar-refractivity contribution in [3.05, 3.63) is 46.7 Å². The van der Waals surface area contributed by atoms with E-state index in [0.717, 1.165) is 6.61 Å². The molecule has 0 fully saturated rings. The van der Waals surface area contributed by atoms with Gasteiger partial charge in [0.25, 0.3) is 0 Å². The lowest BCUT2D eigenvalue weighted by Gasteiger charge is -2.36. The van der Waals surface area contributed by atoms with Crippen LogP contribution in [0.1, 0.15) is 26.3 Å². The van der Waals surface area contributed by atoms with Crippen molar-refractivity contribution >= 4 is 19.7 Å². The average Bonchev–Trinajstić information content (AvgIpc) is 2.89. The highest BCUT2D eigenvalue weighted by Crippen LogP contribution is 2.37. The average molecular weight is 305 g/mol. The lowest BCUT2D eigenvalue weighted by molar-refractivity contribution is 0.276. The predicted molar refractivity (Wildman–Crippen MR) is 91.7 cm³/mol. The summed E-state index contributed by atoms with van der Waals surface area (Å²) < 4.78 is 6.25. The first-order valence-electron chi connectivity index (χ1n) is 7.05. The molecule has 20 heavy (non-hydrogen) atoms. The first kappa shape index (κ1) is 15.5. The molecule has 0 spiro atoms. The van der Waals surface area contributed by atoms with Crippen LogP contribution in [0, 0.1) is 0 Å². The first-order chi connectivity index (χ1) is 9.29. The summed E-state index contributed by atoms with van der Waals surface area (Å²) in [6.45, 7) is 12.1. The number of rotatable bonds is 4. The van der Waals surface area contributed by atoms with Crippen LogP contribution in [0.15, 0.2) is 41.1 Å². The zero-order chi connectivity index (χ0) is 14.8. The minimum atomic E-state index is -1.65. The highest BCUT2D eigenvalue weighted by atomic mass is 32.1. The quantitative estimate of drug-likeness (QED) is 0.635. The topological polar surface area (TPSA) is 9.23 Å². The van der Waals surface area contributed by atoms with Crippen LogP contribution in [0.4, 0.5) is 0 Å². The number of hydrogen-bond acceptors (Lipinski definition) is 2. The van der Waals surface area contributed by atoms with Gasteiger partial charge in [-0.3, -0.25) is 0 Å². The molecule has 0 atom stereocenters. The molecule has 108 valence electrons. The molecule has 2 aromatic rings. The molecule has 0 N–H and O–H groups in total. The van der Waals surface area contributed by atoms with Gasteiger partial charge in [0.15, 0.2) is 8.32 Å². The molecule has 0 amide bonds. The summed E-state index contributed by atoms with van der Waals surface area (Å²) in [5.41, 5.74) is 3.84. The standard InChI is InChI=1S/C17H24OSSi/c1-17(2,3)20(4,5)18-12-14-6-8-15(9-7-14)16-10-11-19-13-16/h6-11,13H,12H2,1-5H3. The molecule has 0 unspecified atom stereocenters. The Morgan fingerprint density at radius 1 is 1.00 bits per heavy atom. The number of hydrogen-bond donors (Lipinski definition) is 0. The zero-order valence-corrected chi connectivity index (χ0v) is 14.9. The smallest absolute Gasteiger partial charge is 0.192 e. The highest BCUT2D eigenvalue weighted by molar-refractivity contribution is 7.08. The van der Waals surface area contributed by atoms with E-state index in [-0.39, 0.29) is 5.04 Å². The maximum absolute atomic E-state index is 6.25. The summed E-state index contributed by atoms with van der Waals surface area (Å²) in [5.74, 6) is 0. The summed E-state index contributed by atoms with van der Waals surface area (Å²) >= 11 is 1.74. The van der Waals surface area contributed by atoms with Gasteiger partial charge in [-0.2, -0.15) is 11.3 Å². The highest BCUT2D eigenvalue weighted by Gasteiger charge is 2.36. The van der Waals surface area contributed by atoms with Crippen molar-refractivity contribution in [2.45, 2.75) is 45.5 Å². The monoisotopic (exact) mass is 304 g/mol. The van der Waals surface area contributed by atoms with Crippen LogP contribution in [-0.4, -0.2) is 8.32 Å². The van der Waals surface area contributed by atoms with Crippen molar-refractivity contribution in [3.63, 3.8) is 0 Å². The molecule has 0 saturated carbocycles. The van der Waals surface area contributed by atoms with Crippen molar-refractivity contribution in [2.75, 3.05) is 0 Å². The van der Waals surface area contributed by atoms with Gasteiger partial charge in [0.05, 0.1) is 6.61 Å². The summed E-state index contributed by atoms with van der Waals surface area (Å²) in [6.07, 6.45) is 0. The van der Waals surface area contributed by atoms with Crippen LogP contribution in [0.3, 0.4) is 0 Å². The van der Waals surface area contributed by atoms with Gasteiger partial charge in [-0.05, 0) is 51.6 Å². The van der Waals surface area contributed by atoms with Gasteiger partial charge in [-0.15, -0.1) is 0 Å². The summed E-state index contributed by atoms with van der Waals surface area (Å²) in [7, 11) is -1.65. The molecular formula is C17H24OSSi. The van der Waals surface area contributed by atoms with E-state index < -0.39 is 8.32 Å². The number of benzene rings is 1. The Labute approximate surface area is 127 Å². The van der Waals surface area contributed by atoms with Gasteiger partial charge in [-0.1, -0.05) is 45.0 Å². The van der Waals surface area contributed by atoms with Crippen molar-refractivity contribution in [1.82, 2.24) is 0 Å². The van der Waals surface area contributed by atoms with E-state index in [9.17, 15) is 0 Å². The fourth-order valence-corrected chi connectivity index (χ4v) is 3.33. The third-order valence-electron chi connectivity index (χ3n) is 4.21. The van der Waals surface area contributed by atoms with E-state index >= 15 is 0 Å². The normalized spacial score (nSPS) is 12.7. The number of thiophene rings is 1. The van der Waals surface area contributed by atoms with Gasteiger partial charge in [0, 0.05) is 0 Å². The molecule has 0 bridgehead atoms. The lowest BCUT2D eigenvalue weighted by Crippen LogP contribution is -2.40. The van der Waals surface area contributed by atoms with Crippen molar-refractivity contribution in [3.8, 4) is 11.1 Å². The molecule has 1 nitrogen and oxygen atoms in total. The Balaban J connectivity index is 2.02. The molecule has 0 radical (unpaired) electrons. The van der Waals surface area contributed by atoms with Crippen molar-refractivity contribution in [1.29, 1.82) is 0 Å². The molecule has 0 saturated heterocycles. The van der Waals surface area contributed by atoms with Crippen LogP contribution in [0.5, 0.6) is 0 Å². The van der Waals surface area contributed by atoms with Crippen molar-refractivity contribution in [2.24, 2.45) is 0 Å². The van der Waals surface area contributed by atoms with Crippen LogP contribution in [0.25, 0.3) is 11.1 Å². The fourth-order valence-electron chi connectivity index (χ4n) is 1.70. The third-order valence-corrected chi connectivity index (χ3v) is 9.38. The fraction of sp³-hybridized carbons (Fsp3) is 0.412. The minimum absolute atomic E-state index is 0.267. The van der Waals surface area contributed by atoms with Gasteiger partial charge >= 0.3 is 0 Å². The van der Waals surface area contributed by atoms with E-state index in [0.29, 0.717) is 0 Å². The van der Waals surface area contributed by atoms with Crippen LogP contribution >= 0.6 is 11.3 Å². The zero-order valence-electron chi connectivity index (χ0n) is 13.1. The SMILES string of the molecule is CC(C)(C)[Si](C)(C)OCc1ccc(-c2ccsc2)cc1. The van der Waals surface area contributed by atoms with E-state index in [1.807, 2.05) is 0 Å². The third kappa shape index (κ3) is 3.60. The molecule has 0 aliphatic rings. The molecule has 1 heterocycles. The molecule has 1 aromatic heterocycles. The van der Waals surface area contributed by atoms with Gasteiger partial charge in [0.2, 0.25) is 0 Å². The molecule has 1 aromatic carbocycles. The van der Waals surface area contributed by atoms with Gasteiger partial charge in [0.1, 0.15) is 0 Å². The summed E-state index contributed by atoms with van der Waals surface area (Å²) in [5, 5.41) is 4.56. The molecule has 0 aliphatic heterocycles. The van der Waals surface area contributed by atoms with Crippen molar-refractivity contribution < 1.29 is 4.43 Å². The summed E-state index contributed by atoms with van der Waals surface area (Å²) in [4.78, 5) is 0. The second-order valence-electron chi connectivity index (χ2n) is 6.76.